The maximum atomic E-state index is 5.65. The van der Waals surface area contributed by atoms with Crippen LogP contribution in [0.5, 0.6) is 0 Å². The highest BCUT2D eigenvalue weighted by molar-refractivity contribution is 5.78. The second-order valence-corrected chi connectivity index (χ2v) is 3.90. The molecular weight excluding hydrogens is 214 g/mol. The third kappa shape index (κ3) is 1.61. The lowest BCUT2D eigenvalue weighted by molar-refractivity contribution is 1.07. The lowest BCUT2D eigenvalue weighted by atomic mass is 10.2. The van der Waals surface area contributed by atoms with Crippen LogP contribution in [0.15, 0.2) is 30.5 Å². The van der Waals surface area contributed by atoms with Gasteiger partial charge in [0, 0.05) is 11.3 Å². The molecule has 0 saturated carbocycles. The summed E-state index contributed by atoms with van der Waals surface area (Å²) in [5.41, 5.74) is 9.90. The van der Waals surface area contributed by atoms with Crippen molar-refractivity contribution in [3.63, 3.8) is 0 Å². The van der Waals surface area contributed by atoms with E-state index in [1.165, 1.54) is 0 Å². The molecule has 0 fully saturated rings. The molecule has 0 aliphatic carbocycles. The van der Waals surface area contributed by atoms with E-state index >= 15 is 0 Å². The van der Waals surface area contributed by atoms with Crippen molar-refractivity contribution in [2.45, 2.75) is 6.92 Å². The Balaban J connectivity index is 2.17. The van der Waals surface area contributed by atoms with Gasteiger partial charge in [-0.25, -0.2) is 9.97 Å². The fraction of sp³-hybridized carbons (Fsp3) is 0.0833. The highest BCUT2D eigenvalue weighted by atomic mass is 15.1. The van der Waals surface area contributed by atoms with Crippen molar-refractivity contribution in [3.05, 3.63) is 36.2 Å². The van der Waals surface area contributed by atoms with Crippen LogP contribution in [0.2, 0.25) is 0 Å². The Bertz CT molecular complexity index is 669. The fourth-order valence-corrected chi connectivity index (χ4v) is 1.70. The smallest absolute Gasteiger partial charge is 0.159 e. The number of nitrogen functional groups attached to an aromatic ring is 1. The Morgan fingerprint density at radius 3 is 2.71 bits per heavy atom. The van der Waals surface area contributed by atoms with Gasteiger partial charge in [0.25, 0.3) is 0 Å². The number of benzene rings is 1. The van der Waals surface area contributed by atoms with Gasteiger partial charge in [-0.2, -0.15) is 5.10 Å². The van der Waals surface area contributed by atoms with Crippen LogP contribution in [0.3, 0.4) is 0 Å². The van der Waals surface area contributed by atoms with E-state index < -0.39 is 0 Å². The van der Waals surface area contributed by atoms with Gasteiger partial charge >= 0.3 is 0 Å². The highest BCUT2D eigenvalue weighted by Crippen LogP contribution is 2.19. The fourth-order valence-electron chi connectivity index (χ4n) is 1.70. The van der Waals surface area contributed by atoms with Crippen molar-refractivity contribution in [1.29, 1.82) is 0 Å². The van der Waals surface area contributed by atoms with E-state index in [1.54, 1.807) is 6.20 Å². The Kier molecular flexibility index (Phi) is 2.04. The minimum absolute atomic E-state index is 0.682. The van der Waals surface area contributed by atoms with Crippen LogP contribution in [-0.2, 0) is 0 Å². The monoisotopic (exact) mass is 225 g/mol. The molecule has 3 rings (SSSR count). The molecule has 2 aromatic heterocycles. The third-order valence-corrected chi connectivity index (χ3v) is 2.64. The van der Waals surface area contributed by atoms with Crippen molar-refractivity contribution in [3.8, 4) is 11.4 Å². The number of aryl methyl sites for hydroxylation is 1. The summed E-state index contributed by atoms with van der Waals surface area (Å²) in [7, 11) is 0. The van der Waals surface area contributed by atoms with Gasteiger partial charge in [0.15, 0.2) is 5.82 Å². The van der Waals surface area contributed by atoms with Crippen LogP contribution in [0.1, 0.15) is 5.69 Å². The molecule has 3 N–H and O–H groups in total. The van der Waals surface area contributed by atoms with Crippen molar-refractivity contribution in [2.24, 2.45) is 0 Å². The number of nitrogens with two attached hydrogens (primary N) is 1. The zero-order valence-corrected chi connectivity index (χ0v) is 9.31. The number of aromatic nitrogens is 4. The molecule has 0 atom stereocenters. The van der Waals surface area contributed by atoms with Crippen LogP contribution >= 0.6 is 0 Å². The number of hydrogen-bond acceptors (Lipinski definition) is 4. The van der Waals surface area contributed by atoms with Gasteiger partial charge in [-0.1, -0.05) is 0 Å². The summed E-state index contributed by atoms with van der Waals surface area (Å²) < 4.78 is 0. The second-order valence-electron chi connectivity index (χ2n) is 3.90. The zero-order valence-electron chi connectivity index (χ0n) is 9.31. The maximum absolute atomic E-state index is 5.65. The molecule has 0 saturated heterocycles. The van der Waals surface area contributed by atoms with E-state index in [2.05, 4.69) is 20.2 Å². The Labute approximate surface area is 97.7 Å². The van der Waals surface area contributed by atoms with Gasteiger partial charge < -0.3 is 5.73 Å². The van der Waals surface area contributed by atoms with Crippen LogP contribution in [0, 0.1) is 6.92 Å². The van der Waals surface area contributed by atoms with E-state index in [4.69, 9.17) is 5.73 Å². The first-order valence-electron chi connectivity index (χ1n) is 5.27. The molecule has 0 radical (unpaired) electrons. The second kappa shape index (κ2) is 3.55. The molecule has 84 valence electrons. The van der Waals surface area contributed by atoms with Gasteiger partial charge in [0.1, 0.15) is 11.0 Å². The first-order valence-corrected chi connectivity index (χ1v) is 5.27. The lowest BCUT2D eigenvalue weighted by Crippen LogP contribution is -1.90. The Hall–Kier alpha value is -2.43. The van der Waals surface area contributed by atoms with E-state index in [0.29, 0.717) is 5.82 Å². The van der Waals surface area contributed by atoms with Gasteiger partial charge in [-0.05, 0) is 31.2 Å². The van der Waals surface area contributed by atoms with Crippen molar-refractivity contribution >= 4 is 16.7 Å². The predicted molar refractivity (Wildman–Crippen MR) is 66.3 cm³/mol. The normalized spacial score (nSPS) is 10.9. The molecule has 0 bridgehead atoms. The topological polar surface area (TPSA) is 80.5 Å². The summed E-state index contributed by atoms with van der Waals surface area (Å²) in [6, 6.07) is 7.49. The van der Waals surface area contributed by atoms with Crippen LogP contribution in [0.4, 0.5) is 5.69 Å². The van der Waals surface area contributed by atoms with Gasteiger partial charge in [-0.15, -0.1) is 0 Å². The van der Waals surface area contributed by atoms with E-state index in [9.17, 15) is 0 Å². The zero-order chi connectivity index (χ0) is 11.8. The first-order chi connectivity index (χ1) is 8.24. The molecule has 0 spiro atoms. The standard InChI is InChI=1S/C12H11N5/c1-7-11-10(17-16-7)6-14-12(15-11)8-2-4-9(13)5-3-8/h2-6H,13H2,1H3,(H,16,17). The largest absolute Gasteiger partial charge is 0.399 e. The molecule has 0 amide bonds. The molecule has 0 aliphatic rings. The summed E-state index contributed by atoms with van der Waals surface area (Å²) >= 11 is 0. The quantitative estimate of drug-likeness (QED) is 0.620. The van der Waals surface area contributed by atoms with Gasteiger partial charge in [-0.3, -0.25) is 5.10 Å². The van der Waals surface area contributed by atoms with Crippen molar-refractivity contribution in [1.82, 2.24) is 20.2 Å². The number of nitrogens with one attached hydrogen (secondary N) is 1. The Morgan fingerprint density at radius 2 is 1.94 bits per heavy atom. The molecule has 1 aromatic carbocycles. The molecular formula is C12H11N5. The summed E-state index contributed by atoms with van der Waals surface area (Å²) in [6.07, 6.45) is 1.72. The van der Waals surface area contributed by atoms with E-state index in [0.717, 1.165) is 28.0 Å². The summed E-state index contributed by atoms with van der Waals surface area (Å²) in [5, 5.41) is 6.99. The van der Waals surface area contributed by atoms with Crippen molar-refractivity contribution in [2.75, 3.05) is 5.73 Å². The number of hydrogen-bond donors (Lipinski definition) is 2. The SMILES string of the molecule is Cc1[nH]nc2cnc(-c3ccc(N)cc3)nc12. The van der Waals surface area contributed by atoms with Crippen LogP contribution in [-0.4, -0.2) is 20.2 Å². The maximum Gasteiger partial charge on any atom is 0.159 e. The van der Waals surface area contributed by atoms with Crippen molar-refractivity contribution < 1.29 is 0 Å². The van der Waals surface area contributed by atoms with E-state index in [-0.39, 0.29) is 0 Å². The molecule has 17 heavy (non-hydrogen) atoms. The third-order valence-electron chi connectivity index (χ3n) is 2.64. The summed E-state index contributed by atoms with van der Waals surface area (Å²) in [5.74, 6) is 0.682. The number of anilines is 1. The van der Waals surface area contributed by atoms with Gasteiger partial charge in [0.05, 0.1) is 11.9 Å². The van der Waals surface area contributed by atoms with E-state index in [1.807, 2.05) is 31.2 Å². The van der Waals surface area contributed by atoms with Gasteiger partial charge in [0.2, 0.25) is 0 Å². The number of rotatable bonds is 1. The molecule has 5 heteroatoms. The average Bonchev–Trinajstić information content (AvgIpc) is 2.72. The molecule has 5 nitrogen and oxygen atoms in total. The highest BCUT2D eigenvalue weighted by Gasteiger charge is 2.06. The predicted octanol–water partition coefficient (Wildman–Crippen LogP) is 1.91. The lowest BCUT2D eigenvalue weighted by Gasteiger charge is -2.00. The van der Waals surface area contributed by atoms with Crippen LogP contribution < -0.4 is 5.73 Å². The number of aromatic amines is 1. The number of H-pyrrole nitrogens is 1. The van der Waals surface area contributed by atoms with Crippen LogP contribution in [0.25, 0.3) is 22.4 Å². The molecule has 0 aliphatic heterocycles. The minimum Gasteiger partial charge on any atom is -0.399 e. The minimum atomic E-state index is 0.682. The number of fused-ring (bicyclic) bond motifs is 1. The Morgan fingerprint density at radius 1 is 1.18 bits per heavy atom. The summed E-state index contributed by atoms with van der Waals surface area (Å²) in [6.45, 7) is 1.94. The first kappa shape index (κ1) is 9.77. The number of nitrogens with zero attached hydrogens (tertiary/aromatic N) is 3. The average molecular weight is 225 g/mol. The molecule has 2 heterocycles. The molecule has 0 unspecified atom stereocenters. The molecule has 3 aromatic rings. The summed E-state index contributed by atoms with van der Waals surface area (Å²) in [4.78, 5) is 8.77.